The molecule has 1 N–H and O–H groups in total. The number of nitrogens with one attached hydrogen (secondary N) is 1. The van der Waals surface area contributed by atoms with E-state index in [4.69, 9.17) is 0 Å². The molecule has 0 unspecified atom stereocenters. The van der Waals surface area contributed by atoms with Crippen molar-refractivity contribution >= 4 is 19.9 Å². The molecule has 9 heteroatoms. The summed E-state index contributed by atoms with van der Waals surface area (Å²) >= 11 is 0. The van der Waals surface area contributed by atoms with Crippen molar-refractivity contribution in [3.8, 4) is 0 Å². The molecule has 0 aliphatic carbocycles. The van der Waals surface area contributed by atoms with E-state index in [-0.39, 0.29) is 12.2 Å². The van der Waals surface area contributed by atoms with E-state index >= 15 is 0 Å². The Kier molecular flexibility index (Phi) is 5.12. The van der Waals surface area contributed by atoms with Crippen LogP contribution in [0.2, 0.25) is 0 Å². The highest BCUT2D eigenvalue weighted by Crippen LogP contribution is 2.18. The summed E-state index contributed by atoms with van der Waals surface area (Å²) in [7, 11) is -7.31. The van der Waals surface area contributed by atoms with Gasteiger partial charge in [-0.25, -0.2) is 30.3 Å². The smallest absolute Gasteiger partial charge is 0.229 e. The van der Waals surface area contributed by atoms with Gasteiger partial charge in [0.25, 0.3) is 0 Å². The molecule has 0 spiro atoms. The highest BCUT2D eigenvalue weighted by Gasteiger charge is 2.27. The zero-order valence-electron chi connectivity index (χ0n) is 11.9. The molecule has 0 heterocycles. The summed E-state index contributed by atoms with van der Waals surface area (Å²) in [6.07, 6.45) is 1.10. The molecule has 0 fully saturated rings. The number of hydrogen-bond donors (Lipinski definition) is 1. The number of rotatable bonds is 6. The molecular weight excluding hydrogens is 324 g/mol. The molecule has 1 rings (SSSR count). The highest BCUT2D eigenvalue weighted by atomic mass is 32.2. The maximum Gasteiger partial charge on any atom is 0.241 e. The normalized spacial score (nSPS) is 13.4. The van der Waals surface area contributed by atoms with Crippen LogP contribution in [0, 0.1) is 11.6 Å². The van der Waals surface area contributed by atoms with Crippen LogP contribution in [-0.2, 0) is 19.9 Å². The second kappa shape index (κ2) is 5.98. The molecule has 0 aromatic heterocycles. The SMILES string of the molecule is CC(C)(CCS(C)(=O)=O)NS(=O)(=O)c1ccc(F)c(F)c1. The predicted molar refractivity (Wildman–Crippen MR) is 75.1 cm³/mol. The second-order valence-corrected chi connectivity index (χ2v) is 9.39. The molecule has 0 atom stereocenters. The average Bonchev–Trinajstić information content (AvgIpc) is 2.28. The van der Waals surface area contributed by atoms with E-state index in [2.05, 4.69) is 4.72 Å². The van der Waals surface area contributed by atoms with Crippen molar-refractivity contribution in [1.82, 2.24) is 4.72 Å². The van der Waals surface area contributed by atoms with Gasteiger partial charge in [-0.3, -0.25) is 0 Å². The summed E-state index contributed by atoms with van der Waals surface area (Å²) in [4.78, 5) is -0.422. The standard InChI is InChI=1S/C12H17F2NO4S2/c1-12(2,6-7-20(3,16)17)15-21(18,19)9-4-5-10(13)11(14)8-9/h4-5,8,15H,6-7H2,1-3H3. The van der Waals surface area contributed by atoms with Gasteiger partial charge in [-0.2, -0.15) is 0 Å². The van der Waals surface area contributed by atoms with Gasteiger partial charge in [0, 0.05) is 11.8 Å². The minimum Gasteiger partial charge on any atom is -0.229 e. The van der Waals surface area contributed by atoms with Crippen molar-refractivity contribution in [1.29, 1.82) is 0 Å². The molecule has 5 nitrogen and oxygen atoms in total. The van der Waals surface area contributed by atoms with Crippen LogP contribution in [-0.4, -0.2) is 34.4 Å². The third-order valence-corrected chi connectivity index (χ3v) is 5.35. The maximum atomic E-state index is 13.1. The Morgan fingerprint density at radius 1 is 1.10 bits per heavy atom. The highest BCUT2D eigenvalue weighted by molar-refractivity contribution is 7.90. The lowest BCUT2D eigenvalue weighted by Gasteiger charge is -2.25. The lowest BCUT2D eigenvalue weighted by atomic mass is 10.0. The fourth-order valence-corrected chi connectivity index (χ4v) is 3.89. The molecule has 120 valence electrons. The second-order valence-electron chi connectivity index (χ2n) is 5.45. The van der Waals surface area contributed by atoms with Gasteiger partial charge in [0.05, 0.1) is 10.6 Å². The van der Waals surface area contributed by atoms with Gasteiger partial charge < -0.3 is 0 Å². The zero-order valence-corrected chi connectivity index (χ0v) is 13.5. The van der Waals surface area contributed by atoms with E-state index in [9.17, 15) is 25.6 Å². The van der Waals surface area contributed by atoms with E-state index < -0.39 is 41.9 Å². The molecular formula is C12H17F2NO4S2. The molecule has 1 aromatic carbocycles. The third kappa shape index (κ3) is 5.68. The molecule has 1 aromatic rings. The van der Waals surface area contributed by atoms with Crippen LogP contribution in [0.5, 0.6) is 0 Å². The summed E-state index contributed by atoms with van der Waals surface area (Å²) in [5, 5.41) is 0. The van der Waals surface area contributed by atoms with Crippen LogP contribution in [0.25, 0.3) is 0 Å². The number of sulfonamides is 1. The van der Waals surface area contributed by atoms with Gasteiger partial charge in [0.2, 0.25) is 10.0 Å². The van der Waals surface area contributed by atoms with Crippen molar-refractivity contribution in [2.45, 2.75) is 30.7 Å². The lowest BCUT2D eigenvalue weighted by Crippen LogP contribution is -2.44. The van der Waals surface area contributed by atoms with Crippen molar-refractivity contribution in [3.05, 3.63) is 29.8 Å². The Bertz CT molecular complexity index is 728. The number of halogens is 2. The maximum absolute atomic E-state index is 13.1. The molecule has 0 aliphatic heterocycles. The Morgan fingerprint density at radius 2 is 1.67 bits per heavy atom. The Balaban J connectivity index is 2.95. The van der Waals surface area contributed by atoms with Crippen molar-refractivity contribution < 1.29 is 25.6 Å². The summed E-state index contributed by atoms with van der Waals surface area (Å²) < 4.78 is 74.6. The van der Waals surface area contributed by atoms with Crippen molar-refractivity contribution in [3.63, 3.8) is 0 Å². The zero-order chi connectivity index (χ0) is 16.5. The van der Waals surface area contributed by atoms with Gasteiger partial charge in [0.1, 0.15) is 9.84 Å². The quantitative estimate of drug-likeness (QED) is 0.849. The number of hydrogen-bond acceptors (Lipinski definition) is 4. The first-order valence-electron chi connectivity index (χ1n) is 5.99. The molecule has 0 amide bonds. The summed E-state index contributed by atoms with van der Waals surface area (Å²) in [6, 6.07) is 2.23. The number of sulfone groups is 1. The lowest BCUT2D eigenvalue weighted by molar-refractivity contribution is 0.437. The predicted octanol–water partition coefficient (Wildman–Crippen LogP) is 1.46. The largest absolute Gasteiger partial charge is 0.241 e. The van der Waals surface area contributed by atoms with Crippen LogP contribution in [0.3, 0.4) is 0 Å². The monoisotopic (exact) mass is 341 g/mol. The van der Waals surface area contributed by atoms with Crippen molar-refractivity contribution in [2.24, 2.45) is 0 Å². The van der Waals surface area contributed by atoms with E-state index in [1.165, 1.54) is 13.8 Å². The first-order chi connectivity index (χ1) is 9.32. The minimum absolute atomic E-state index is 0.0503. The minimum atomic E-state index is -4.08. The van der Waals surface area contributed by atoms with Gasteiger partial charge in [-0.15, -0.1) is 0 Å². The van der Waals surface area contributed by atoms with Crippen LogP contribution >= 0.6 is 0 Å². The van der Waals surface area contributed by atoms with E-state index in [0.717, 1.165) is 12.3 Å². The van der Waals surface area contributed by atoms with Gasteiger partial charge in [-0.1, -0.05) is 0 Å². The van der Waals surface area contributed by atoms with Crippen molar-refractivity contribution in [2.75, 3.05) is 12.0 Å². The fourth-order valence-electron chi connectivity index (χ4n) is 1.56. The van der Waals surface area contributed by atoms with E-state index in [1.54, 1.807) is 0 Å². The summed E-state index contributed by atoms with van der Waals surface area (Å²) in [5.74, 6) is -2.61. The Hall–Kier alpha value is -1.06. The molecule has 21 heavy (non-hydrogen) atoms. The van der Waals surface area contributed by atoms with E-state index in [0.29, 0.717) is 12.1 Å². The topological polar surface area (TPSA) is 80.3 Å². The number of benzene rings is 1. The molecule has 0 bridgehead atoms. The van der Waals surface area contributed by atoms with Crippen LogP contribution < -0.4 is 4.72 Å². The van der Waals surface area contributed by atoms with Crippen LogP contribution in [0.15, 0.2) is 23.1 Å². The molecule has 0 aliphatic rings. The first-order valence-corrected chi connectivity index (χ1v) is 9.54. The fraction of sp³-hybridized carbons (Fsp3) is 0.500. The van der Waals surface area contributed by atoms with Crippen LogP contribution in [0.4, 0.5) is 8.78 Å². The Morgan fingerprint density at radius 3 is 2.14 bits per heavy atom. The van der Waals surface area contributed by atoms with Gasteiger partial charge in [0.15, 0.2) is 11.6 Å². The van der Waals surface area contributed by atoms with E-state index in [1.807, 2.05) is 0 Å². The Labute approximate surface area is 123 Å². The van der Waals surface area contributed by atoms with Crippen LogP contribution in [0.1, 0.15) is 20.3 Å². The summed E-state index contributed by atoms with van der Waals surface area (Å²) in [6.45, 7) is 3.02. The van der Waals surface area contributed by atoms with Gasteiger partial charge in [-0.05, 0) is 38.5 Å². The first kappa shape index (κ1) is 18.0. The average molecular weight is 341 g/mol. The summed E-state index contributed by atoms with van der Waals surface area (Å²) in [5.41, 5.74) is -1.05. The van der Waals surface area contributed by atoms with Gasteiger partial charge >= 0.3 is 0 Å². The molecule has 0 saturated carbocycles. The third-order valence-electron chi connectivity index (χ3n) is 2.71. The molecule has 0 saturated heterocycles. The molecule has 0 radical (unpaired) electrons.